The summed E-state index contributed by atoms with van der Waals surface area (Å²) in [7, 11) is 0. The Hall–Kier alpha value is -2.24. The minimum Gasteiger partial charge on any atom is -0.490 e. The second-order valence-electron chi connectivity index (χ2n) is 6.83. The van der Waals surface area contributed by atoms with Crippen molar-refractivity contribution in [2.45, 2.75) is 63.6 Å². The summed E-state index contributed by atoms with van der Waals surface area (Å²) in [5, 5.41) is 8.27. The first kappa shape index (κ1) is 17.6. The molecule has 1 aromatic rings. The van der Waals surface area contributed by atoms with Crippen molar-refractivity contribution in [2.24, 2.45) is 0 Å². The van der Waals surface area contributed by atoms with Crippen LogP contribution in [-0.4, -0.2) is 30.6 Å². The summed E-state index contributed by atoms with van der Waals surface area (Å²) >= 11 is 0. The highest BCUT2D eigenvalue weighted by molar-refractivity contribution is 5.87. The molecule has 0 spiro atoms. The summed E-state index contributed by atoms with van der Waals surface area (Å²) in [6.07, 6.45) is 8.00. The quantitative estimate of drug-likeness (QED) is 0.767. The fraction of sp³-hybridized carbons (Fsp3) is 0.579. The molecule has 1 aromatic carbocycles. The van der Waals surface area contributed by atoms with Crippen LogP contribution in [0.25, 0.3) is 0 Å². The van der Waals surface area contributed by atoms with Gasteiger partial charge < -0.3 is 20.7 Å². The lowest BCUT2D eigenvalue weighted by Crippen LogP contribution is -2.52. The lowest BCUT2D eigenvalue weighted by molar-refractivity contribution is -0.124. The SMILES string of the molecule is O=C(NCc1ccc(OC2CCCCC2)cc1)N[C@@H]1CCCNC1=O. The number of urea groups is 1. The van der Waals surface area contributed by atoms with Gasteiger partial charge in [-0.25, -0.2) is 4.79 Å². The van der Waals surface area contributed by atoms with Crippen molar-refractivity contribution in [1.82, 2.24) is 16.0 Å². The van der Waals surface area contributed by atoms with Crippen molar-refractivity contribution < 1.29 is 14.3 Å². The van der Waals surface area contributed by atoms with Gasteiger partial charge in [-0.15, -0.1) is 0 Å². The largest absolute Gasteiger partial charge is 0.490 e. The van der Waals surface area contributed by atoms with Gasteiger partial charge in [-0.1, -0.05) is 18.6 Å². The van der Waals surface area contributed by atoms with Crippen molar-refractivity contribution >= 4 is 11.9 Å². The number of ether oxygens (including phenoxy) is 1. The molecule has 2 fully saturated rings. The third kappa shape index (κ3) is 5.37. The van der Waals surface area contributed by atoms with E-state index in [1.165, 1.54) is 19.3 Å². The molecule has 1 saturated heterocycles. The number of carbonyl (C=O) groups is 2. The molecule has 1 heterocycles. The van der Waals surface area contributed by atoms with Crippen molar-refractivity contribution in [3.63, 3.8) is 0 Å². The van der Waals surface area contributed by atoms with E-state index in [-0.39, 0.29) is 11.9 Å². The normalized spacial score (nSPS) is 21.3. The fourth-order valence-corrected chi connectivity index (χ4v) is 3.36. The molecule has 1 atom stereocenters. The lowest BCUT2D eigenvalue weighted by atomic mass is 9.98. The van der Waals surface area contributed by atoms with Gasteiger partial charge in [0.05, 0.1) is 6.10 Å². The molecule has 3 N–H and O–H groups in total. The van der Waals surface area contributed by atoms with E-state index in [0.717, 1.165) is 30.6 Å². The first-order valence-electron chi connectivity index (χ1n) is 9.28. The van der Waals surface area contributed by atoms with Gasteiger partial charge in [-0.3, -0.25) is 4.79 Å². The minimum absolute atomic E-state index is 0.106. The zero-order valence-corrected chi connectivity index (χ0v) is 14.6. The second-order valence-corrected chi connectivity index (χ2v) is 6.83. The summed E-state index contributed by atoms with van der Waals surface area (Å²) in [5.41, 5.74) is 0.999. The lowest BCUT2D eigenvalue weighted by Gasteiger charge is -2.23. The summed E-state index contributed by atoms with van der Waals surface area (Å²) in [4.78, 5) is 23.6. The highest BCUT2D eigenvalue weighted by atomic mass is 16.5. The Kier molecular flexibility index (Phi) is 6.14. The van der Waals surface area contributed by atoms with E-state index in [1.807, 2.05) is 24.3 Å². The molecule has 0 aromatic heterocycles. The average Bonchev–Trinajstić information content (AvgIpc) is 2.64. The maximum Gasteiger partial charge on any atom is 0.315 e. The molecule has 6 nitrogen and oxygen atoms in total. The molecule has 1 aliphatic carbocycles. The van der Waals surface area contributed by atoms with Crippen LogP contribution in [-0.2, 0) is 11.3 Å². The number of nitrogens with one attached hydrogen (secondary N) is 3. The molecule has 0 radical (unpaired) electrons. The van der Waals surface area contributed by atoms with Crippen LogP contribution in [0.3, 0.4) is 0 Å². The van der Waals surface area contributed by atoms with Gasteiger partial charge in [-0.05, 0) is 56.2 Å². The monoisotopic (exact) mass is 345 g/mol. The number of rotatable bonds is 5. The van der Waals surface area contributed by atoms with Gasteiger partial charge in [0, 0.05) is 13.1 Å². The Morgan fingerprint density at radius 3 is 2.56 bits per heavy atom. The summed E-state index contributed by atoms with van der Waals surface area (Å²) < 4.78 is 6.00. The van der Waals surface area contributed by atoms with E-state index in [0.29, 0.717) is 25.6 Å². The van der Waals surface area contributed by atoms with Crippen LogP contribution in [0, 0.1) is 0 Å². The molecular formula is C19H27N3O3. The second kappa shape index (κ2) is 8.74. The molecule has 25 heavy (non-hydrogen) atoms. The third-order valence-electron chi connectivity index (χ3n) is 4.82. The van der Waals surface area contributed by atoms with Gasteiger partial charge in [-0.2, -0.15) is 0 Å². The van der Waals surface area contributed by atoms with E-state index in [4.69, 9.17) is 4.74 Å². The maximum absolute atomic E-state index is 11.9. The Bertz CT molecular complexity index is 582. The van der Waals surface area contributed by atoms with E-state index >= 15 is 0 Å². The average molecular weight is 345 g/mol. The molecule has 0 unspecified atom stereocenters. The topological polar surface area (TPSA) is 79.5 Å². The highest BCUT2D eigenvalue weighted by Gasteiger charge is 2.23. The first-order valence-corrected chi connectivity index (χ1v) is 9.28. The van der Waals surface area contributed by atoms with Crippen LogP contribution in [0.1, 0.15) is 50.5 Å². The van der Waals surface area contributed by atoms with Crippen molar-refractivity contribution in [3.8, 4) is 5.75 Å². The first-order chi connectivity index (χ1) is 12.2. The van der Waals surface area contributed by atoms with Crippen LogP contribution < -0.4 is 20.7 Å². The summed E-state index contributed by atoms with van der Waals surface area (Å²) in [5.74, 6) is 0.782. The molecule has 2 aliphatic rings. The van der Waals surface area contributed by atoms with Crippen LogP contribution in [0.15, 0.2) is 24.3 Å². The molecule has 1 saturated carbocycles. The third-order valence-corrected chi connectivity index (χ3v) is 4.82. The van der Waals surface area contributed by atoms with Crippen molar-refractivity contribution in [2.75, 3.05) is 6.54 Å². The number of hydrogen-bond donors (Lipinski definition) is 3. The number of benzene rings is 1. The van der Waals surface area contributed by atoms with Gasteiger partial charge in [0.15, 0.2) is 0 Å². The van der Waals surface area contributed by atoms with Gasteiger partial charge in [0.1, 0.15) is 11.8 Å². The zero-order chi connectivity index (χ0) is 17.5. The Labute approximate surface area is 148 Å². The molecule has 0 bridgehead atoms. The van der Waals surface area contributed by atoms with Crippen LogP contribution in [0.5, 0.6) is 5.75 Å². The number of amides is 3. The highest BCUT2D eigenvalue weighted by Crippen LogP contribution is 2.23. The molecule has 136 valence electrons. The predicted octanol–water partition coefficient (Wildman–Crippen LogP) is 2.48. The number of hydrogen-bond acceptors (Lipinski definition) is 3. The molecule has 6 heteroatoms. The smallest absolute Gasteiger partial charge is 0.315 e. The molecule has 3 rings (SSSR count). The van der Waals surface area contributed by atoms with Crippen LogP contribution >= 0.6 is 0 Å². The van der Waals surface area contributed by atoms with Crippen molar-refractivity contribution in [1.29, 1.82) is 0 Å². The Morgan fingerprint density at radius 2 is 1.84 bits per heavy atom. The Morgan fingerprint density at radius 1 is 1.08 bits per heavy atom. The molecular weight excluding hydrogens is 318 g/mol. The van der Waals surface area contributed by atoms with Gasteiger partial charge in [0.25, 0.3) is 0 Å². The number of carbonyl (C=O) groups excluding carboxylic acids is 2. The summed E-state index contributed by atoms with van der Waals surface area (Å²) in [6.45, 7) is 1.11. The van der Waals surface area contributed by atoms with Crippen LogP contribution in [0.4, 0.5) is 4.79 Å². The summed E-state index contributed by atoms with van der Waals surface area (Å²) in [6, 6.07) is 7.10. The Balaban J connectivity index is 1.41. The predicted molar refractivity (Wildman–Crippen MR) is 95.3 cm³/mol. The standard InChI is InChI=1S/C19H27N3O3/c23-18-17(7-4-12-20-18)22-19(24)21-13-14-8-10-16(11-9-14)25-15-5-2-1-3-6-15/h8-11,15,17H,1-7,12-13H2,(H,20,23)(H2,21,22,24)/t17-/m1/s1. The molecule has 3 amide bonds. The van der Waals surface area contributed by atoms with Gasteiger partial charge >= 0.3 is 6.03 Å². The van der Waals surface area contributed by atoms with E-state index < -0.39 is 6.04 Å². The van der Waals surface area contributed by atoms with E-state index in [9.17, 15) is 9.59 Å². The van der Waals surface area contributed by atoms with Gasteiger partial charge in [0.2, 0.25) is 5.91 Å². The zero-order valence-electron chi connectivity index (χ0n) is 14.6. The maximum atomic E-state index is 11.9. The van der Waals surface area contributed by atoms with Crippen LogP contribution in [0.2, 0.25) is 0 Å². The van der Waals surface area contributed by atoms with E-state index in [1.54, 1.807) is 0 Å². The van der Waals surface area contributed by atoms with E-state index in [2.05, 4.69) is 16.0 Å². The van der Waals surface area contributed by atoms with Crippen molar-refractivity contribution in [3.05, 3.63) is 29.8 Å². The molecule has 1 aliphatic heterocycles. The number of piperidine rings is 1. The fourth-order valence-electron chi connectivity index (χ4n) is 3.36. The minimum atomic E-state index is -0.431.